The van der Waals surface area contributed by atoms with Crippen molar-refractivity contribution >= 4 is 5.96 Å². The van der Waals surface area contributed by atoms with Gasteiger partial charge in [0.2, 0.25) is 0 Å². The topological polar surface area (TPSA) is 48.9 Å². The van der Waals surface area contributed by atoms with Gasteiger partial charge in [-0.15, -0.1) is 0 Å². The highest BCUT2D eigenvalue weighted by molar-refractivity contribution is 5.79. The average molecular weight is 393 g/mol. The van der Waals surface area contributed by atoms with Crippen LogP contribution in [0.25, 0.3) is 0 Å². The SMILES string of the molecule is CN=C(NCC1CCCOC1C(C)(C)C)NC1CCN(C2CCCCC2)CC1. The molecule has 1 saturated carbocycles. The summed E-state index contributed by atoms with van der Waals surface area (Å²) < 4.78 is 6.13. The average Bonchev–Trinajstić information content (AvgIpc) is 2.72. The third kappa shape index (κ3) is 6.09. The van der Waals surface area contributed by atoms with E-state index in [2.05, 4.69) is 41.3 Å². The minimum atomic E-state index is 0.190. The maximum Gasteiger partial charge on any atom is 0.191 e. The molecule has 2 aliphatic heterocycles. The molecule has 2 heterocycles. The van der Waals surface area contributed by atoms with Crippen molar-refractivity contribution in [3.05, 3.63) is 0 Å². The van der Waals surface area contributed by atoms with Gasteiger partial charge in [0.1, 0.15) is 0 Å². The molecule has 3 fully saturated rings. The lowest BCUT2D eigenvalue weighted by Gasteiger charge is -2.41. The normalized spacial score (nSPS) is 29.6. The first-order valence-electron chi connectivity index (χ1n) is 11.8. The predicted molar refractivity (Wildman–Crippen MR) is 118 cm³/mol. The van der Waals surface area contributed by atoms with Crippen LogP contribution in [0.2, 0.25) is 0 Å². The van der Waals surface area contributed by atoms with Crippen LogP contribution in [0, 0.1) is 11.3 Å². The zero-order valence-corrected chi connectivity index (χ0v) is 18.8. The largest absolute Gasteiger partial charge is 0.377 e. The molecular weight excluding hydrogens is 348 g/mol. The summed E-state index contributed by atoms with van der Waals surface area (Å²) in [6.45, 7) is 11.2. The highest BCUT2D eigenvalue weighted by Crippen LogP contribution is 2.33. The number of ether oxygens (including phenoxy) is 1. The van der Waals surface area contributed by atoms with Gasteiger partial charge in [-0.05, 0) is 43.9 Å². The molecule has 28 heavy (non-hydrogen) atoms. The van der Waals surface area contributed by atoms with E-state index in [1.807, 2.05) is 7.05 Å². The lowest BCUT2D eigenvalue weighted by atomic mass is 9.78. The number of likely N-dealkylation sites (tertiary alicyclic amines) is 1. The second-order valence-corrected chi connectivity index (χ2v) is 10.3. The quantitative estimate of drug-likeness (QED) is 0.564. The summed E-state index contributed by atoms with van der Waals surface area (Å²) in [4.78, 5) is 7.25. The molecule has 0 aromatic carbocycles. The molecule has 0 spiro atoms. The summed E-state index contributed by atoms with van der Waals surface area (Å²) in [7, 11) is 1.89. The van der Waals surface area contributed by atoms with E-state index in [0.717, 1.165) is 25.2 Å². The summed E-state index contributed by atoms with van der Waals surface area (Å²) in [5, 5.41) is 7.30. The molecule has 5 nitrogen and oxygen atoms in total. The second-order valence-electron chi connectivity index (χ2n) is 10.3. The number of rotatable bonds is 4. The molecule has 162 valence electrons. The Morgan fingerprint density at radius 1 is 1.00 bits per heavy atom. The minimum absolute atomic E-state index is 0.190. The van der Waals surface area contributed by atoms with Crippen LogP contribution in [-0.4, -0.2) is 62.3 Å². The Kier molecular flexibility index (Phi) is 8.04. The summed E-state index contributed by atoms with van der Waals surface area (Å²) in [5.74, 6) is 1.52. The van der Waals surface area contributed by atoms with Crippen LogP contribution < -0.4 is 10.6 Å². The van der Waals surface area contributed by atoms with E-state index < -0.39 is 0 Å². The van der Waals surface area contributed by atoms with E-state index >= 15 is 0 Å². The third-order valence-corrected chi connectivity index (χ3v) is 7.02. The molecule has 0 aromatic heterocycles. The molecule has 5 heteroatoms. The van der Waals surface area contributed by atoms with E-state index in [1.165, 1.54) is 70.9 Å². The van der Waals surface area contributed by atoms with Crippen LogP contribution in [0.3, 0.4) is 0 Å². The standard InChI is InChI=1S/C23H44N4O/c1-23(2,3)21-18(9-8-16-28-21)17-25-22(24-4)26-19-12-14-27(15-13-19)20-10-6-5-7-11-20/h18-21H,5-17H2,1-4H3,(H2,24,25,26). The van der Waals surface area contributed by atoms with Gasteiger partial charge in [-0.3, -0.25) is 4.99 Å². The van der Waals surface area contributed by atoms with Crippen molar-refractivity contribution < 1.29 is 4.74 Å². The second kappa shape index (κ2) is 10.3. The fourth-order valence-electron chi connectivity index (χ4n) is 5.48. The van der Waals surface area contributed by atoms with Crippen LogP contribution in [0.5, 0.6) is 0 Å². The van der Waals surface area contributed by atoms with Gasteiger partial charge in [0, 0.05) is 51.3 Å². The Morgan fingerprint density at radius 2 is 1.71 bits per heavy atom. The van der Waals surface area contributed by atoms with Crippen molar-refractivity contribution in [3.63, 3.8) is 0 Å². The minimum Gasteiger partial charge on any atom is -0.377 e. The number of nitrogens with zero attached hydrogens (tertiary/aromatic N) is 2. The van der Waals surface area contributed by atoms with E-state index in [9.17, 15) is 0 Å². The van der Waals surface area contributed by atoms with Gasteiger partial charge < -0.3 is 20.3 Å². The van der Waals surface area contributed by atoms with Gasteiger partial charge in [0.25, 0.3) is 0 Å². The Hall–Kier alpha value is -0.810. The highest BCUT2D eigenvalue weighted by atomic mass is 16.5. The Bertz CT molecular complexity index is 487. The van der Waals surface area contributed by atoms with Gasteiger partial charge in [-0.1, -0.05) is 40.0 Å². The number of guanidine groups is 1. The number of hydrogen-bond donors (Lipinski definition) is 2. The number of hydrogen-bond acceptors (Lipinski definition) is 3. The lowest BCUT2D eigenvalue weighted by Crippen LogP contribution is -2.52. The smallest absolute Gasteiger partial charge is 0.191 e. The van der Waals surface area contributed by atoms with Crippen LogP contribution in [0.4, 0.5) is 0 Å². The van der Waals surface area contributed by atoms with Crippen molar-refractivity contribution in [1.29, 1.82) is 0 Å². The Balaban J connectivity index is 1.42. The Morgan fingerprint density at radius 3 is 2.36 bits per heavy atom. The Labute approximate surface area is 173 Å². The van der Waals surface area contributed by atoms with Crippen LogP contribution in [-0.2, 0) is 4.74 Å². The van der Waals surface area contributed by atoms with Gasteiger partial charge in [0.15, 0.2) is 5.96 Å². The van der Waals surface area contributed by atoms with Crippen molar-refractivity contribution in [2.45, 2.75) is 96.7 Å². The van der Waals surface area contributed by atoms with Gasteiger partial charge in [-0.25, -0.2) is 0 Å². The van der Waals surface area contributed by atoms with Crippen molar-refractivity contribution in [1.82, 2.24) is 15.5 Å². The maximum absolute atomic E-state index is 6.13. The third-order valence-electron chi connectivity index (χ3n) is 7.02. The molecule has 0 bridgehead atoms. The monoisotopic (exact) mass is 392 g/mol. The molecule has 0 amide bonds. The predicted octanol–water partition coefficient (Wildman–Crippen LogP) is 3.79. The lowest BCUT2D eigenvalue weighted by molar-refractivity contribution is -0.0835. The van der Waals surface area contributed by atoms with Crippen LogP contribution in [0.15, 0.2) is 4.99 Å². The first-order chi connectivity index (χ1) is 13.5. The number of nitrogens with one attached hydrogen (secondary N) is 2. The van der Waals surface area contributed by atoms with Gasteiger partial charge in [0.05, 0.1) is 6.10 Å². The zero-order valence-electron chi connectivity index (χ0n) is 18.8. The molecule has 0 radical (unpaired) electrons. The molecule has 1 aliphatic carbocycles. The maximum atomic E-state index is 6.13. The molecule has 2 unspecified atom stereocenters. The van der Waals surface area contributed by atoms with Crippen LogP contribution >= 0.6 is 0 Å². The number of piperidine rings is 1. The van der Waals surface area contributed by atoms with Crippen molar-refractivity contribution in [2.75, 3.05) is 33.3 Å². The van der Waals surface area contributed by atoms with Gasteiger partial charge in [-0.2, -0.15) is 0 Å². The number of aliphatic imine (C=N–C) groups is 1. The molecule has 0 aromatic rings. The molecule has 3 rings (SSSR count). The summed E-state index contributed by atoms with van der Waals surface area (Å²) >= 11 is 0. The van der Waals surface area contributed by atoms with Gasteiger partial charge >= 0.3 is 0 Å². The van der Waals surface area contributed by atoms with E-state index in [0.29, 0.717) is 18.1 Å². The summed E-state index contributed by atoms with van der Waals surface area (Å²) in [5.41, 5.74) is 0.190. The van der Waals surface area contributed by atoms with Crippen molar-refractivity contribution in [2.24, 2.45) is 16.3 Å². The fourth-order valence-corrected chi connectivity index (χ4v) is 5.48. The fraction of sp³-hybridized carbons (Fsp3) is 0.957. The van der Waals surface area contributed by atoms with Crippen LogP contribution in [0.1, 0.15) is 78.6 Å². The molecule has 2 atom stereocenters. The van der Waals surface area contributed by atoms with E-state index in [-0.39, 0.29) is 5.41 Å². The summed E-state index contributed by atoms with van der Waals surface area (Å²) in [6, 6.07) is 1.40. The highest BCUT2D eigenvalue weighted by Gasteiger charge is 2.35. The van der Waals surface area contributed by atoms with Crippen molar-refractivity contribution in [3.8, 4) is 0 Å². The van der Waals surface area contributed by atoms with E-state index in [1.54, 1.807) is 0 Å². The molecule has 3 aliphatic rings. The summed E-state index contributed by atoms with van der Waals surface area (Å²) in [6.07, 6.45) is 12.3. The first kappa shape index (κ1) is 21.9. The zero-order chi connectivity index (χ0) is 20.0. The molecule has 2 N–H and O–H groups in total. The molecule has 2 saturated heterocycles. The first-order valence-corrected chi connectivity index (χ1v) is 11.8. The molecular formula is C23H44N4O. The van der Waals surface area contributed by atoms with E-state index in [4.69, 9.17) is 4.74 Å².